The summed E-state index contributed by atoms with van der Waals surface area (Å²) >= 11 is 0. The van der Waals surface area contributed by atoms with Gasteiger partial charge in [-0.3, -0.25) is 10.1 Å². The van der Waals surface area contributed by atoms with E-state index in [-0.39, 0.29) is 18.4 Å². The highest BCUT2D eigenvalue weighted by Crippen LogP contribution is 2.21. The molecule has 1 aromatic rings. The summed E-state index contributed by atoms with van der Waals surface area (Å²) in [5, 5.41) is 14.1. The minimum absolute atomic E-state index is 0.147. The first-order valence-corrected chi connectivity index (χ1v) is 8.01. The zero-order chi connectivity index (χ0) is 18.2. The Labute approximate surface area is 143 Å². The van der Waals surface area contributed by atoms with Gasteiger partial charge in [0, 0.05) is 5.69 Å². The molecule has 1 aromatic carbocycles. The summed E-state index contributed by atoms with van der Waals surface area (Å²) in [5.41, 5.74) is 0.992. The Bertz CT molecular complexity index is 597. The van der Waals surface area contributed by atoms with Crippen LogP contribution in [0.4, 0.5) is 10.5 Å². The normalized spacial score (nSPS) is 12.0. The minimum atomic E-state index is -0.554. The first kappa shape index (κ1) is 19.5. The van der Waals surface area contributed by atoms with Gasteiger partial charge >= 0.3 is 6.09 Å². The standard InChI is InChI=1S/C18H25N3O3/c1-5-6-15(21-16(22)11-12-19)13-7-9-14(10-8-13)20-17(23)24-18(2,3)4/h7-10,15H,5-6,11H2,1-4H3,(H,20,23)(H,21,22). The lowest BCUT2D eigenvalue weighted by Crippen LogP contribution is -2.28. The van der Waals surface area contributed by atoms with E-state index in [1.807, 2.05) is 25.1 Å². The van der Waals surface area contributed by atoms with Gasteiger partial charge in [0.1, 0.15) is 12.0 Å². The number of hydrogen-bond donors (Lipinski definition) is 2. The molecular weight excluding hydrogens is 306 g/mol. The van der Waals surface area contributed by atoms with Crippen LogP contribution in [0.2, 0.25) is 0 Å². The van der Waals surface area contributed by atoms with E-state index < -0.39 is 11.7 Å². The quantitative estimate of drug-likeness (QED) is 0.827. The molecule has 0 aromatic heterocycles. The highest BCUT2D eigenvalue weighted by atomic mass is 16.6. The van der Waals surface area contributed by atoms with Crippen molar-refractivity contribution in [3.63, 3.8) is 0 Å². The lowest BCUT2D eigenvalue weighted by Gasteiger charge is -2.20. The molecule has 0 bridgehead atoms. The van der Waals surface area contributed by atoms with Gasteiger partial charge in [-0.1, -0.05) is 25.5 Å². The third-order valence-electron chi connectivity index (χ3n) is 3.11. The van der Waals surface area contributed by atoms with Gasteiger partial charge in [-0.25, -0.2) is 4.79 Å². The number of carbonyl (C=O) groups excluding carboxylic acids is 2. The number of ether oxygens (including phenoxy) is 1. The second-order valence-corrected chi connectivity index (χ2v) is 6.49. The highest BCUT2D eigenvalue weighted by Gasteiger charge is 2.17. The second kappa shape index (κ2) is 8.92. The van der Waals surface area contributed by atoms with Crippen molar-refractivity contribution in [3.8, 4) is 6.07 Å². The summed E-state index contributed by atoms with van der Waals surface area (Å²) in [6, 6.07) is 8.91. The van der Waals surface area contributed by atoms with E-state index in [0.29, 0.717) is 5.69 Å². The number of carbonyl (C=O) groups is 2. The molecule has 1 rings (SSSR count). The van der Waals surface area contributed by atoms with Crippen molar-refractivity contribution in [1.82, 2.24) is 5.32 Å². The minimum Gasteiger partial charge on any atom is -0.444 e. The summed E-state index contributed by atoms with van der Waals surface area (Å²) in [4.78, 5) is 23.4. The summed E-state index contributed by atoms with van der Waals surface area (Å²) in [5.74, 6) is -0.285. The maximum atomic E-state index is 11.7. The molecule has 6 heteroatoms. The fraction of sp³-hybridized carbons (Fsp3) is 0.500. The fourth-order valence-corrected chi connectivity index (χ4v) is 2.15. The Morgan fingerprint density at radius 2 is 1.88 bits per heavy atom. The summed E-state index contributed by atoms with van der Waals surface area (Å²) in [6.45, 7) is 7.43. The molecule has 0 saturated heterocycles. The van der Waals surface area contributed by atoms with Crippen molar-refractivity contribution in [1.29, 1.82) is 5.26 Å². The van der Waals surface area contributed by atoms with E-state index in [4.69, 9.17) is 10.00 Å². The van der Waals surface area contributed by atoms with Crippen LogP contribution in [0.25, 0.3) is 0 Å². The van der Waals surface area contributed by atoms with Crippen LogP contribution < -0.4 is 10.6 Å². The Hall–Kier alpha value is -2.55. The molecule has 1 unspecified atom stereocenters. The van der Waals surface area contributed by atoms with Gasteiger partial charge in [0.25, 0.3) is 0 Å². The number of rotatable bonds is 6. The molecule has 0 aliphatic carbocycles. The van der Waals surface area contributed by atoms with Crippen LogP contribution in [-0.2, 0) is 9.53 Å². The van der Waals surface area contributed by atoms with Crippen molar-refractivity contribution in [3.05, 3.63) is 29.8 Å². The maximum Gasteiger partial charge on any atom is 0.412 e. The van der Waals surface area contributed by atoms with Gasteiger partial charge in [0.15, 0.2) is 0 Å². The van der Waals surface area contributed by atoms with E-state index in [2.05, 4.69) is 10.6 Å². The Kier molecular flexibility index (Phi) is 7.25. The average Bonchev–Trinajstić information content (AvgIpc) is 2.46. The summed E-state index contributed by atoms with van der Waals surface area (Å²) in [6.07, 6.45) is 1.01. The molecule has 0 heterocycles. The van der Waals surface area contributed by atoms with Crippen molar-refractivity contribution >= 4 is 17.7 Å². The lowest BCUT2D eigenvalue weighted by molar-refractivity contribution is -0.120. The Morgan fingerprint density at radius 3 is 2.38 bits per heavy atom. The van der Waals surface area contributed by atoms with Crippen molar-refractivity contribution < 1.29 is 14.3 Å². The molecule has 0 spiro atoms. The maximum absolute atomic E-state index is 11.7. The number of anilines is 1. The number of nitriles is 1. The number of nitrogens with zero attached hydrogens (tertiary/aromatic N) is 1. The molecular formula is C18H25N3O3. The molecule has 2 amide bonds. The predicted octanol–water partition coefficient (Wildman–Crippen LogP) is 3.90. The molecule has 0 saturated carbocycles. The fourth-order valence-electron chi connectivity index (χ4n) is 2.15. The molecule has 0 aliphatic rings. The van der Waals surface area contributed by atoms with Gasteiger partial charge in [-0.2, -0.15) is 5.26 Å². The SMILES string of the molecule is CCCC(NC(=O)CC#N)c1ccc(NC(=O)OC(C)(C)C)cc1. The van der Waals surface area contributed by atoms with Crippen LogP contribution >= 0.6 is 0 Å². The largest absolute Gasteiger partial charge is 0.444 e. The van der Waals surface area contributed by atoms with E-state index in [1.165, 1.54) is 0 Å². The van der Waals surface area contributed by atoms with Crippen LogP contribution in [0.15, 0.2) is 24.3 Å². The van der Waals surface area contributed by atoms with Crippen molar-refractivity contribution in [2.45, 2.75) is 58.6 Å². The monoisotopic (exact) mass is 331 g/mol. The highest BCUT2D eigenvalue weighted by molar-refractivity contribution is 5.84. The molecule has 6 nitrogen and oxygen atoms in total. The second-order valence-electron chi connectivity index (χ2n) is 6.49. The van der Waals surface area contributed by atoms with Crippen molar-refractivity contribution in [2.24, 2.45) is 0 Å². The van der Waals surface area contributed by atoms with Gasteiger partial charge in [-0.15, -0.1) is 0 Å². The third kappa shape index (κ3) is 7.14. The van der Waals surface area contributed by atoms with Gasteiger partial charge < -0.3 is 10.1 Å². The Balaban J connectivity index is 2.74. The molecule has 0 radical (unpaired) electrons. The lowest BCUT2D eigenvalue weighted by atomic mass is 10.0. The first-order valence-electron chi connectivity index (χ1n) is 8.01. The summed E-state index contributed by atoms with van der Waals surface area (Å²) in [7, 11) is 0. The molecule has 0 fully saturated rings. The summed E-state index contributed by atoms with van der Waals surface area (Å²) < 4.78 is 5.20. The smallest absolute Gasteiger partial charge is 0.412 e. The predicted molar refractivity (Wildman–Crippen MR) is 92.3 cm³/mol. The van der Waals surface area contributed by atoms with Crippen LogP contribution in [0.1, 0.15) is 58.6 Å². The van der Waals surface area contributed by atoms with Crippen molar-refractivity contribution in [2.75, 3.05) is 5.32 Å². The van der Waals surface area contributed by atoms with E-state index >= 15 is 0 Å². The molecule has 24 heavy (non-hydrogen) atoms. The van der Waals surface area contributed by atoms with Crippen LogP contribution in [0, 0.1) is 11.3 Å². The van der Waals surface area contributed by atoms with E-state index in [9.17, 15) is 9.59 Å². The zero-order valence-corrected chi connectivity index (χ0v) is 14.7. The third-order valence-corrected chi connectivity index (χ3v) is 3.11. The number of amides is 2. The number of hydrogen-bond acceptors (Lipinski definition) is 4. The van der Waals surface area contributed by atoms with E-state index in [0.717, 1.165) is 18.4 Å². The molecule has 130 valence electrons. The molecule has 1 atom stereocenters. The van der Waals surface area contributed by atoms with Gasteiger partial charge in [-0.05, 0) is 44.9 Å². The topological polar surface area (TPSA) is 91.2 Å². The number of nitrogens with one attached hydrogen (secondary N) is 2. The van der Waals surface area contributed by atoms with Gasteiger partial charge in [0.2, 0.25) is 5.91 Å². The van der Waals surface area contributed by atoms with E-state index in [1.54, 1.807) is 32.9 Å². The zero-order valence-electron chi connectivity index (χ0n) is 14.7. The number of benzene rings is 1. The van der Waals surface area contributed by atoms with Crippen LogP contribution in [-0.4, -0.2) is 17.6 Å². The van der Waals surface area contributed by atoms with Crippen LogP contribution in [0.3, 0.4) is 0 Å². The molecule has 0 aliphatic heterocycles. The Morgan fingerprint density at radius 1 is 1.25 bits per heavy atom. The van der Waals surface area contributed by atoms with Gasteiger partial charge in [0.05, 0.1) is 12.1 Å². The first-order chi connectivity index (χ1) is 11.2. The molecule has 2 N–H and O–H groups in total. The average molecular weight is 331 g/mol. The van der Waals surface area contributed by atoms with Crippen LogP contribution in [0.5, 0.6) is 0 Å².